The Bertz CT molecular complexity index is 754. The number of ether oxygens (including phenoxy) is 1. The molecular weight excluding hydrogens is 332 g/mol. The lowest BCUT2D eigenvalue weighted by atomic mass is 10.2. The number of phenolic OH excluding ortho intramolecular Hbond substituents is 1. The van der Waals surface area contributed by atoms with Gasteiger partial charge in [-0.05, 0) is 30.7 Å². The summed E-state index contributed by atoms with van der Waals surface area (Å²) in [5.41, 5.74) is -0.336. The molecule has 0 aliphatic carbocycles. The number of carboxylic acid groups (broad SMARTS) is 2. The highest BCUT2D eigenvalue weighted by atomic mass is 16.5. The lowest BCUT2D eigenvalue weighted by molar-refractivity contribution is 0.0682. The summed E-state index contributed by atoms with van der Waals surface area (Å²) in [6.45, 7) is 2.51. The molecule has 0 aliphatic rings. The molecule has 8 heteroatoms. The number of aromatic hydroxyl groups is 3. The van der Waals surface area contributed by atoms with E-state index in [9.17, 15) is 14.7 Å². The van der Waals surface area contributed by atoms with E-state index in [0.717, 1.165) is 18.6 Å². The number of benzene rings is 2. The Morgan fingerprint density at radius 2 is 1.40 bits per heavy atom. The topological polar surface area (TPSA) is 145 Å². The van der Waals surface area contributed by atoms with Crippen molar-refractivity contribution in [3.63, 3.8) is 0 Å². The van der Waals surface area contributed by atoms with Crippen molar-refractivity contribution in [3.8, 4) is 23.0 Å². The molecule has 0 saturated carbocycles. The van der Waals surface area contributed by atoms with Gasteiger partial charge in [0.1, 0.15) is 34.1 Å². The molecule has 0 unspecified atom stereocenters. The van der Waals surface area contributed by atoms with Crippen LogP contribution in [0.15, 0.2) is 36.4 Å². The van der Waals surface area contributed by atoms with Crippen molar-refractivity contribution in [1.29, 1.82) is 0 Å². The second-order valence-corrected chi connectivity index (χ2v) is 4.84. The first-order valence-corrected chi connectivity index (χ1v) is 7.20. The number of aromatic carboxylic acids is 2. The van der Waals surface area contributed by atoms with Crippen molar-refractivity contribution in [3.05, 3.63) is 47.5 Å². The molecule has 0 amide bonds. The molecule has 0 heterocycles. The molecule has 0 fully saturated rings. The Morgan fingerprint density at radius 1 is 0.880 bits per heavy atom. The Labute approximate surface area is 143 Å². The van der Waals surface area contributed by atoms with Gasteiger partial charge in [-0.2, -0.15) is 0 Å². The van der Waals surface area contributed by atoms with Crippen molar-refractivity contribution in [1.82, 2.24) is 0 Å². The fraction of sp³-hybridized carbons (Fsp3) is 0.176. The number of carboxylic acids is 2. The van der Waals surface area contributed by atoms with Crippen molar-refractivity contribution >= 4 is 11.9 Å². The van der Waals surface area contributed by atoms with Crippen LogP contribution < -0.4 is 4.74 Å². The van der Waals surface area contributed by atoms with Gasteiger partial charge in [-0.1, -0.05) is 6.92 Å². The first-order chi connectivity index (χ1) is 11.8. The normalized spacial score (nSPS) is 9.64. The number of phenols is 3. The fourth-order valence-corrected chi connectivity index (χ4v) is 1.70. The van der Waals surface area contributed by atoms with Crippen LogP contribution in [0.25, 0.3) is 0 Å². The summed E-state index contributed by atoms with van der Waals surface area (Å²) in [4.78, 5) is 20.8. The number of hydrogen-bond donors (Lipinski definition) is 5. The molecule has 0 radical (unpaired) electrons. The average molecular weight is 350 g/mol. The summed E-state index contributed by atoms with van der Waals surface area (Å²) in [5.74, 6) is -2.75. The summed E-state index contributed by atoms with van der Waals surface area (Å²) >= 11 is 0. The standard InChI is InChI=1S/C10H12O4.C7H6O4/c1-2-5-14-7-3-4-8(10(12)13)9(11)6-7;8-4-1-2-5(7(10)11)6(9)3-4/h3-4,6,11H,2,5H2,1H3,(H,12,13);1-3,8-9H,(H,10,11). The minimum Gasteiger partial charge on any atom is -0.508 e. The van der Waals surface area contributed by atoms with E-state index in [1.54, 1.807) is 0 Å². The molecule has 8 nitrogen and oxygen atoms in total. The Hall–Kier alpha value is -3.42. The zero-order valence-electron chi connectivity index (χ0n) is 13.3. The predicted octanol–water partition coefficient (Wildman–Crippen LogP) is 2.68. The van der Waals surface area contributed by atoms with Crippen LogP contribution in [0.1, 0.15) is 34.1 Å². The molecule has 2 aromatic rings. The van der Waals surface area contributed by atoms with Crippen LogP contribution in [-0.4, -0.2) is 44.1 Å². The maximum atomic E-state index is 10.5. The molecule has 25 heavy (non-hydrogen) atoms. The van der Waals surface area contributed by atoms with Gasteiger partial charge in [0.25, 0.3) is 0 Å². The fourth-order valence-electron chi connectivity index (χ4n) is 1.70. The van der Waals surface area contributed by atoms with Crippen molar-refractivity contribution in [2.45, 2.75) is 13.3 Å². The van der Waals surface area contributed by atoms with Gasteiger partial charge in [0.2, 0.25) is 0 Å². The van der Waals surface area contributed by atoms with Crippen molar-refractivity contribution in [2.75, 3.05) is 6.61 Å². The molecule has 0 saturated heterocycles. The quantitative estimate of drug-likeness (QED) is 0.553. The second-order valence-electron chi connectivity index (χ2n) is 4.84. The van der Waals surface area contributed by atoms with E-state index in [1.165, 1.54) is 24.3 Å². The zero-order chi connectivity index (χ0) is 19.0. The maximum absolute atomic E-state index is 10.5. The lowest BCUT2D eigenvalue weighted by Crippen LogP contribution is -1.98. The van der Waals surface area contributed by atoms with Gasteiger partial charge in [0, 0.05) is 12.1 Å². The largest absolute Gasteiger partial charge is 0.508 e. The maximum Gasteiger partial charge on any atom is 0.339 e. The van der Waals surface area contributed by atoms with Gasteiger partial charge < -0.3 is 30.3 Å². The van der Waals surface area contributed by atoms with Gasteiger partial charge in [-0.3, -0.25) is 0 Å². The smallest absolute Gasteiger partial charge is 0.339 e. The van der Waals surface area contributed by atoms with Gasteiger partial charge in [-0.15, -0.1) is 0 Å². The molecule has 0 aromatic heterocycles. The SMILES string of the molecule is CCCOc1ccc(C(=O)O)c(O)c1.O=C(O)c1ccc(O)cc1O. The lowest BCUT2D eigenvalue weighted by Gasteiger charge is -2.05. The molecule has 0 aliphatic heterocycles. The van der Waals surface area contributed by atoms with Gasteiger partial charge >= 0.3 is 11.9 Å². The van der Waals surface area contributed by atoms with Crippen LogP contribution in [-0.2, 0) is 0 Å². The van der Waals surface area contributed by atoms with Crippen LogP contribution in [0.2, 0.25) is 0 Å². The van der Waals surface area contributed by atoms with E-state index in [-0.39, 0.29) is 22.6 Å². The third-order valence-electron chi connectivity index (χ3n) is 2.88. The summed E-state index contributed by atoms with van der Waals surface area (Å²) in [6, 6.07) is 7.46. The van der Waals surface area contributed by atoms with Gasteiger partial charge in [0.05, 0.1) is 6.61 Å². The molecule has 0 bridgehead atoms. The van der Waals surface area contributed by atoms with Crippen molar-refractivity contribution in [2.24, 2.45) is 0 Å². The van der Waals surface area contributed by atoms with E-state index in [2.05, 4.69) is 0 Å². The minimum absolute atomic E-state index is 0.117. The van der Waals surface area contributed by atoms with E-state index >= 15 is 0 Å². The summed E-state index contributed by atoms with van der Waals surface area (Å²) in [7, 11) is 0. The first kappa shape index (κ1) is 19.6. The van der Waals surface area contributed by atoms with E-state index < -0.39 is 17.7 Å². The minimum atomic E-state index is -1.22. The summed E-state index contributed by atoms with van der Waals surface area (Å²) in [5, 5.41) is 44.0. The van der Waals surface area contributed by atoms with Crippen LogP contribution in [0, 0.1) is 0 Å². The van der Waals surface area contributed by atoms with E-state index in [0.29, 0.717) is 12.4 Å². The molecule has 134 valence electrons. The Morgan fingerprint density at radius 3 is 1.84 bits per heavy atom. The molecule has 5 N–H and O–H groups in total. The number of rotatable bonds is 5. The molecular formula is C17H18O8. The first-order valence-electron chi connectivity index (χ1n) is 7.20. The van der Waals surface area contributed by atoms with E-state index in [1.807, 2.05) is 6.92 Å². The van der Waals surface area contributed by atoms with Gasteiger partial charge in [-0.25, -0.2) is 9.59 Å². The molecule has 0 spiro atoms. The van der Waals surface area contributed by atoms with Crippen LogP contribution in [0.5, 0.6) is 23.0 Å². The predicted molar refractivity (Wildman–Crippen MR) is 87.6 cm³/mol. The molecule has 2 aromatic carbocycles. The highest BCUT2D eigenvalue weighted by molar-refractivity contribution is 5.91. The highest BCUT2D eigenvalue weighted by Gasteiger charge is 2.10. The monoisotopic (exact) mass is 350 g/mol. The van der Waals surface area contributed by atoms with Crippen LogP contribution in [0.4, 0.5) is 0 Å². The van der Waals surface area contributed by atoms with Gasteiger partial charge in [0.15, 0.2) is 0 Å². The molecule has 2 rings (SSSR count). The van der Waals surface area contributed by atoms with Crippen molar-refractivity contribution < 1.29 is 39.9 Å². The average Bonchev–Trinajstić information content (AvgIpc) is 2.52. The number of carbonyl (C=O) groups is 2. The summed E-state index contributed by atoms with van der Waals surface area (Å²) < 4.78 is 5.22. The third-order valence-corrected chi connectivity index (χ3v) is 2.88. The third kappa shape index (κ3) is 5.94. The number of hydrogen-bond acceptors (Lipinski definition) is 6. The van der Waals surface area contributed by atoms with Crippen LogP contribution >= 0.6 is 0 Å². The molecule has 0 atom stereocenters. The Kier molecular flexibility index (Phi) is 7.08. The zero-order valence-corrected chi connectivity index (χ0v) is 13.3. The second kappa shape index (κ2) is 9.02. The summed E-state index contributed by atoms with van der Waals surface area (Å²) in [6.07, 6.45) is 0.863. The highest BCUT2D eigenvalue weighted by Crippen LogP contribution is 2.23. The Balaban J connectivity index is 0.000000257. The van der Waals surface area contributed by atoms with Crippen LogP contribution in [0.3, 0.4) is 0 Å². The van der Waals surface area contributed by atoms with E-state index in [4.69, 9.17) is 25.2 Å².